The summed E-state index contributed by atoms with van der Waals surface area (Å²) in [6.45, 7) is 20.2. The van der Waals surface area contributed by atoms with E-state index in [4.69, 9.17) is 37.9 Å². The predicted molar refractivity (Wildman–Crippen MR) is 203 cm³/mol. The minimum absolute atomic E-state index is 0.0211. The molecule has 1 spiro atoms. The Balaban J connectivity index is 1.13. The molecule has 6 saturated heterocycles. The Hall–Kier alpha value is -1.38. The molecular formula is C43H72O12. The van der Waals surface area contributed by atoms with Crippen LogP contribution in [-0.2, 0) is 47.5 Å². The van der Waals surface area contributed by atoms with Gasteiger partial charge in [0.25, 0.3) is 0 Å². The molecule has 12 nitrogen and oxygen atoms in total. The predicted octanol–water partition coefficient (Wildman–Crippen LogP) is 6.67. The van der Waals surface area contributed by atoms with Crippen LogP contribution in [0, 0.1) is 41.4 Å². The smallest absolute Gasteiger partial charge is 0.308 e. The second kappa shape index (κ2) is 16.3. The van der Waals surface area contributed by atoms with Gasteiger partial charge < -0.3 is 48.1 Å². The molecule has 0 saturated carbocycles. The molecular weight excluding hydrogens is 708 g/mol. The van der Waals surface area contributed by atoms with Crippen molar-refractivity contribution in [2.24, 2.45) is 41.4 Å². The van der Waals surface area contributed by atoms with E-state index < -0.39 is 41.3 Å². The first-order valence-corrected chi connectivity index (χ1v) is 21.5. The van der Waals surface area contributed by atoms with Crippen LogP contribution in [0.4, 0.5) is 0 Å². The molecule has 6 heterocycles. The number of aliphatic carboxylic acids is 1. The number of carboxylic acid groups (broad SMARTS) is 1. The van der Waals surface area contributed by atoms with E-state index in [9.17, 15) is 19.8 Å². The first-order chi connectivity index (χ1) is 25.8. The number of carboxylic acids is 1. The van der Waals surface area contributed by atoms with Gasteiger partial charge in [0.1, 0.15) is 6.61 Å². The number of methoxy groups -OCH3 is 1. The van der Waals surface area contributed by atoms with Crippen LogP contribution in [0.1, 0.15) is 133 Å². The standard InChI is InChI=1S/C43H72O12/c1-12-35(45)53-42(22-44)26(5)17-24(3)37(54-42)33-18-25(4)38(50-33)40(9)16-15-34(52-40)41(10)21-27(6)43(55-41)29(8)32(48-11)20-31(51-43)19-30-14-13-23(2)36(49-30)28(7)39(46)47/h23-34,36-38,44H,12-22H2,1-11H3,(H,46,47)/t23-,24-,25-,26+,27+,28+,29+,30+,31+,32+,33+,34+,36+,37-,38+,40-,41-,42-,43+/m0/s1. The summed E-state index contributed by atoms with van der Waals surface area (Å²) in [5.74, 6) is -3.61. The van der Waals surface area contributed by atoms with Crippen LogP contribution in [0.15, 0.2) is 0 Å². The van der Waals surface area contributed by atoms with Crippen molar-refractivity contribution in [1.29, 1.82) is 0 Å². The Kier molecular flexibility index (Phi) is 12.8. The van der Waals surface area contributed by atoms with Crippen LogP contribution in [0.2, 0.25) is 0 Å². The zero-order valence-electron chi connectivity index (χ0n) is 35.4. The average molecular weight is 781 g/mol. The molecule has 55 heavy (non-hydrogen) atoms. The van der Waals surface area contributed by atoms with Crippen molar-refractivity contribution >= 4 is 11.9 Å². The van der Waals surface area contributed by atoms with Gasteiger partial charge in [-0.15, -0.1) is 0 Å². The molecule has 0 radical (unpaired) electrons. The van der Waals surface area contributed by atoms with E-state index in [1.165, 1.54) is 0 Å². The first-order valence-electron chi connectivity index (χ1n) is 21.5. The molecule has 0 unspecified atom stereocenters. The Morgan fingerprint density at radius 3 is 2.24 bits per heavy atom. The topological polar surface area (TPSA) is 148 Å². The largest absolute Gasteiger partial charge is 0.481 e. The highest BCUT2D eigenvalue weighted by Gasteiger charge is 2.65. The van der Waals surface area contributed by atoms with E-state index in [1.807, 2.05) is 6.92 Å². The minimum Gasteiger partial charge on any atom is -0.481 e. The summed E-state index contributed by atoms with van der Waals surface area (Å²) in [4.78, 5) is 24.3. The van der Waals surface area contributed by atoms with Gasteiger partial charge in [0.05, 0.1) is 66.0 Å². The molecule has 6 rings (SSSR count). The normalized spacial score (nSPS) is 51.0. The second-order valence-electron chi connectivity index (χ2n) is 19.2. The van der Waals surface area contributed by atoms with Crippen molar-refractivity contribution < 1.29 is 57.7 Å². The molecule has 316 valence electrons. The Morgan fingerprint density at radius 2 is 1.58 bits per heavy atom. The van der Waals surface area contributed by atoms with Gasteiger partial charge in [-0.25, -0.2) is 0 Å². The Morgan fingerprint density at radius 1 is 0.855 bits per heavy atom. The van der Waals surface area contributed by atoms with Gasteiger partial charge >= 0.3 is 11.9 Å². The van der Waals surface area contributed by atoms with E-state index in [0.717, 1.165) is 51.4 Å². The molecule has 0 amide bonds. The van der Waals surface area contributed by atoms with Crippen molar-refractivity contribution in [3.63, 3.8) is 0 Å². The van der Waals surface area contributed by atoms with Crippen LogP contribution in [0.3, 0.4) is 0 Å². The van der Waals surface area contributed by atoms with E-state index in [-0.39, 0.29) is 96.7 Å². The maximum Gasteiger partial charge on any atom is 0.308 e. The van der Waals surface area contributed by atoms with Crippen LogP contribution < -0.4 is 0 Å². The quantitative estimate of drug-likeness (QED) is 0.216. The SMILES string of the molecule is CCC(=O)O[C@@]1(CO)O[C@H]([C@H]2C[C@H](C)[C@H]([C@]3(C)CC[C@H]([C@]4(C)C[C@@H](C)[C@@]5(O[C@H](C[C@H]6CC[C@H](C)[C@H]([C@@H](C)C(=O)O)O6)C[C@@H](OC)[C@H]5C)O4)O3)O2)[C@@H](C)C[C@H]1C. The Labute approximate surface area is 329 Å². The fraction of sp³-hybridized carbons (Fsp3) is 0.953. The maximum atomic E-state index is 12.4. The van der Waals surface area contributed by atoms with Gasteiger partial charge in [-0.1, -0.05) is 48.5 Å². The zero-order chi connectivity index (χ0) is 40.2. The van der Waals surface area contributed by atoms with Crippen molar-refractivity contribution in [3.05, 3.63) is 0 Å². The van der Waals surface area contributed by atoms with Gasteiger partial charge in [-0.05, 0) is 83.5 Å². The van der Waals surface area contributed by atoms with Crippen LogP contribution >= 0.6 is 0 Å². The van der Waals surface area contributed by atoms with Crippen molar-refractivity contribution in [2.75, 3.05) is 13.7 Å². The van der Waals surface area contributed by atoms with Gasteiger partial charge in [-0.3, -0.25) is 9.59 Å². The number of carbonyl (C=O) groups excluding carboxylic acids is 1. The molecule has 6 aliphatic rings. The number of carbonyl (C=O) groups is 2. The number of aliphatic hydroxyl groups excluding tert-OH is 1. The highest BCUT2D eigenvalue weighted by atomic mass is 16.7. The fourth-order valence-electron chi connectivity index (χ4n) is 11.7. The van der Waals surface area contributed by atoms with Crippen LogP contribution in [-0.4, -0.2) is 107 Å². The molecule has 19 atom stereocenters. The summed E-state index contributed by atoms with van der Waals surface area (Å²) < 4.78 is 53.4. The molecule has 0 aromatic carbocycles. The minimum atomic E-state index is -1.38. The first kappa shape index (κ1) is 43.2. The van der Waals surface area contributed by atoms with Gasteiger partial charge in [0.15, 0.2) is 5.79 Å². The van der Waals surface area contributed by atoms with Crippen LogP contribution in [0.25, 0.3) is 0 Å². The van der Waals surface area contributed by atoms with E-state index in [0.29, 0.717) is 6.42 Å². The summed E-state index contributed by atoms with van der Waals surface area (Å²) >= 11 is 0. The molecule has 0 aromatic heterocycles. The lowest BCUT2D eigenvalue weighted by Crippen LogP contribution is -2.58. The molecule has 0 aliphatic carbocycles. The molecule has 0 bridgehead atoms. The summed E-state index contributed by atoms with van der Waals surface area (Å²) in [7, 11) is 1.77. The van der Waals surface area contributed by atoms with Crippen LogP contribution in [0.5, 0.6) is 0 Å². The molecule has 2 N–H and O–H groups in total. The highest BCUT2D eigenvalue weighted by molar-refractivity contribution is 5.70. The van der Waals surface area contributed by atoms with Gasteiger partial charge in [0, 0.05) is 44.1 Å². The third-order valence-corrected chi connectivity index (χ3v) is 15.0. The van der Waals surface area contributed by atoms with E-state index in [2.05, 4.69) is 48.5 Å². The molecule has 12 heteroatoms. The van der Waals surface area contributed by atoms with E-state index >= 15 is 0 Å². The maximum absolute atomic E-state index is 12.4. The summed E-state index contributed by atoms with van der Waals surface area (Å²) in [5.41, 5.74) is -1.15. The highest BCUT2D eigenvalue weighted by Crippen LogP contribution is 2.57. The third kappa shape index (κ3) is 8.03. The van der Waals surface area contributed by atoms with Crippen molar-refractivity contribution in [2.45, 2.75) is 205 Å². The number of ether oxygens (including phenoxy) is 8. The summed E-state index contributed by atoms with van der Waals surface area (Å²) in [6.07, 6.45) is 5.77. The van der Waals surface area contributed by atoms with Gasteiger partial charge in [0.2, 0.25) is 5.79 Å². The molecule has 0 aromatic rings. The third-order valence-electron chi connectivity index (χ3n) is 15.0. The average Bonchev–Trinajstić information content (AvgIpc) is 3.81. The van der Waals surface area contributed by atoms with E-state index in [1.54, 1.807) is 21.0 Å². The number of esters is 1. The summed E-state index contributed by atoms with van der Waals surface area (Å²) in [6, 6.07) is 0. The molecule has 6 aliphatic heterocycles. The number of hydrogen-bond donors (Lipinski definition) is 2. The summed E-state index contributed by atoms with van der Waals surface area (Å²) in [5, 5.41) is 20.2. The number of hydrogen-bond acceptors (Lipinski definition) is 11. The molecule has 6 fully saturated rings. The van der Waals surface area contributed by atoms with Crippen molar-refractivity contribution in [1.82, 2.24) is 0 Å². The zero-order valence-corrected chi connectivity index (χ0v) is 35.4. The lowest BCUT2D eigenvalue weighted by Gasteiger charge is -2.50. The number of aliphatic hydroxyl groups is 1. The fourth-order valence-corrected chi connectivity index (χ4v) is 11.7. The lowest BCUT2D eigenvalue weighted by molar-refractivity contribution is -0.353. The monoisotopic (exact) mass is 781 g/mol. The lowest BCUT2D eigenvalue weighted by atomic mass is 9.78. The second-order valence-corrected chi connectivity index (χ2v) is 19.2. The Bertz CT molecular complexity index is 1360. The van der Waals surface area contributed by atoms with Gasteiger partial charge in [-0.2, -0.15) is 0 Å². The number of rotatable bonds is 11. The van der Waals surface area contributed by atoms with Crippen molar-refractivity contribution in [3.8, 4) is 0 Å².